The van der Waals surface area contributed by atoms with Gasteiger partial charge in [0.2, 0.25) is 5.91 Å². The monoisotopic (exact) mass is 251 g/mol. The van der Waals surface area contributed by atoms with Crippen molar-refractivity contribution < 1.29 is 4.79 Å². The summed E-state index contributed by atoms with van der Waals surface area (Å²) in [6, 6.07) is 0.474. The number of amides is 1. The van der Waals surface area contributed by atoms with Crippen molar-refractivity contribution in [3.05, 3.63) is 0 Å². The van der Waals surface area contributed by atoms with Crippen LogP contribution in [0.4, 0.5) is 0 Å². The maximum Gasteiger partial charge on any atom is 0.226 e. The molecule has 4 unspecified atom stereocenters. The Balaban J connectivity index is 2.10. The lowest BCUT2D eigenvalue weighted by atomic mass is 9.78. The summed E-state index contributed by atoms with van der Waals surface area (Å²) in [4.78, 5) is 15.0. The molecule has 2 fully saturated rings. The number of rotatable bonds is 2. The van der Waals surface area contributed by atoms with Gasteiger partial charge in [-0.25, -0.2) is 0 Å². The minimum atomic E-state index is 0.0866. The van der Waals surface area contributed by atoms with Crippen LogP contribution in [0.2, 0.25) is 0 Å². The zero-order valence-corrected chi connectivity index (χ0v) is 12.7. The first kappa shape index (κ1) is 13.9. The first-order valence-electron chi connectivity index (χ1n) is 7.66. The molecule has 1 heterocycles. The summed E-state index contributed by atoms with van der Waals surface area (Å²) < 4.78 is 0. The Bertz CT molecular complexity index is 318. The van der Waals surface area contributed by atoms with Crippen molar-refractivity contribution in [2.45, 2.75) is 66.3 Å². The van der Waals surface area contributed by atoms with Gasteiger partial charge in [-0.2, -0.15) is 0 Å². The van der Waals surface area contributed by atoms with Gasteiger partial charge in [0.05, 0.1) is 0 Å². The van der Waals surface area contributed by atoms with Gasteiger partial charge < -0.3 is 4.90 Å². The highest BCUT2D eigenvalue weighted by molar-refractivity contribution is 5.80. The third-order valence-corrected chi connectivity index (χ3v) is 5.30. The summed E-state index contributed by atoms with van der Waals surface area (Å²) in [6.07, 6.45) is 5.01. The lowest BCUT2D eigenvalue weighted by Gasteiger charge is -2.35. The molecule has 0 aromatic rings. The maximum absolute atomic E-state index is 12.8. The minimum absolute atomic E-state index is 0.0866. The summed E-state index contributed by atoms with van der Waals surface area (Å²) in [6.45, 7) is 12.0. The summed E-state index contributed by atoms with van der Waals surface area (Å²) in [5, 5.41) is 0. The Morgan fingerprint density at radius 2 is 2.00 bits per heavy atom. The zero-order valence-electron chi connectivity index (χ0n) is 12.7. The van der Waals surface area contributed by atoms with Gasteiger partial charge in [0.1, 0.15) is 0 Å². The fourth-order valence-corrected chi connectivity index (χ4v) is 4.23. The van der Waals surface area contributed by atoms with Crippen molar-refractivity contribution in [2.75, 3.05) is 6.54 Å². The van der Waals surface area contributed by atoms with Crippen LogP contribution in [0, 0.1) is 23.2 Å². The highest BCUT2D eigenvalue weighted by Gasteiger charge is 2.45. The summed E-state index contributed by atoms with van der Waals surface area (Å²) in [5.41, 5.74) is 0.0866. The molecule has 0 aromatic heterocycles. The summed E-state index contributed by atoms with van der Waals surface area (Å²) in [5.74, 6) is 2.17. The molecule has 2 aliphatic rings. The topological polar surface area (TPSA) is 20.3 Å². The van der Waals surface area contributed by atoms with Crippen LogP contribution in [0.3, 0.4) is 0 Å². The van der Waals surface area contributed by atoms with Crippen LogP contribution in [-0.2, 0) is 4.79 Å². The molecule has 0 bridgehead atoms. The van der Waals surface area contributed by atoms with Gasteiger partial charge >= 0.3 is 0 Å². The first-order chi connectivity index (χ1) is 8.36. The van der Waals surface area contributed by atoms with E-state index in [1.54, 1.807) is 0 Å². The zero-order chi connectivity index (χ0) is 13.5. The number of hydrogen-bond donors (Lipinski definition) is 0. The average molecular weight is 251 g/mol. The largest absolute Gasteiger partial charge is 0.339 e. The molecule has 1 aliphatic carbocycles. The molecule has 1 amide bonds. The smallest absolute Gasteiger partial charge is 0.226 e. The molecule has 2 nitrogen and oxygen atoms in total. The van der Waals surface area contributed by atoms with Crippen molar-refractivity contribution >= 4 is 5.91 Å². The van der Waals surface area contributed by atoms with E-state index >= 15 is 0 Å². The molecule has 0 N–H and O–H groups in total. The van der Waals surface area contributed by atoms with E-state index in [0.717, 1.165) is 24.8 Å². The molecular formula is C16H29NO. The van der Waals surface area contributed by atoms with Crippen molar-refractivity contribution in [1.82, 2.24) is 4.90 Å². The average Bonchev–Trinajstić information content (AvgIpc) is 2.80. The Hall–Kier alpha value is -0.530. The fourth-order valence-electron chi connectivity index (χ4n) is 4.23. The second kappa shape index (κ2) is 4.86. The van der Waals surface area contributed by atoms with Crippen molar-refractivity contribution in [2.24, 2.45) is 23.2 Å². The molecule has 104 valence electrons. The van der Waals surface area contributed by atoms with E-state index in [1.807, 2.05) is 0 Å². The maximum atomic E-state index is 12.8. The second-order valence-electron chi connectivity index (χ2n) is 7.41. The Kier molecular flexibility index (Phi) is 3.75. The van der Waals surface area contributed by atoms with Gasteiger partial charge in [0.15, 0.2) is 0 Å². The highest BCUT2D eigenvalue weighted by Crippen LogP contribution is 2.43. The van der Waals surface area contributed by atoms with E-state index in [4.69, 9.17) is 0 Å². The molecule has 2 heteroatoms. The van der Waals surface area contributed by atoms with E-state index in [2.05, 4.69) is 39.5 Å². The highest BCUT2D eigenvalue weighted by atomic mass is 16.2. The first-order valence-corrected chi connectivity index (χ1v) is 7.66. The molecule has 0 aromatic carbocycles. The standard InChI is InChI=1S/C16H29NO/c1-6-14(16(3,4)5)15(18)17-10-12-8-7-9-13(12)11(17)2/h11-14H,6-10H2,1-5H3. The fraction of sp³-hybridized carbons (Fsp3) is 0.938. The second-order valence-corrected chi connectivity index (χ2v) is 7.41. The lowest BCUT2D eigenvalue weighted by molar-refractivity contribution is -0.140. The van der Waals surface area contributed by atoms with Crippen molar-refractivity contribution in [1.29, 1.82) is 0 Å². The molecule has 0 radical (unpaired) electrons. The van der Waals surface area contributed by atoms with E-state index in [-0.39, 0.29) is 11.3 Å². The third-order valence-electron chi connectivity index (χ3n) is 5.30. The van der Waals surface area contributed by atoms with Crippen LogP contribution < -0.4 is 0 Å². The number of carbonyl (C=O) groups excluding carboxylic acids is 1. The van der Waals surface area contributed by atoms with Crippen molar-refractivity contribution in [3.63, 3.8) is 0 Å². The van der Waals surface area contributed by atoms with E-state index < -0.39 is 0 Å². The van der Waals surface area contributed by atoms with Crippen molar-refractivity contribution in [3.8, 4) is 0 Å². The minimum Gasteiger partial charge on any atom is -0.339 e. The van der Waals surface area contributed by atoms with Gasteiger partial charge in [-0.1, -0.05) is 34.1 Å². The quantitative estimate of drug-likeness (QED) is 0.732. The molecule has 1 saturated carbocycles. The molecule has 1 aliphatic heterocycles. The Morgan fingerprint density at radius 1 is 1.33 bits per heavy atom. The number of nitrogens with zero attached hydrogens (tertiary/aromatic N) is 1. The van der Waals surface area contributed by atoms with Gasteiger partial charge in [0, 0.05) is 18.5 Å². The molecule has 2 rings (SSSR count). The normalized spacial score (nSPS) is 33.6. The summed E-state index contributed by atoms with van der Waals surface area (Å²) in [7, 11) is 0. The summed E-state index contributed by atoms with van der Waals surface area (Å²) >= 11 is 0. The van der Waals surface area contributed by atoms with Gasteiger partial charge in [-0.3, -0.25) is 4.79 Å². The lowest BCUT2D eigenvalue weighted by Crippen LogP contribution is -2.43. The molecule has 4 atom stereocenters. The number of hydrogen-bond acceptors (Lipinski definition) is 1. The molecule has 1 saturated heterocycles. The molecule has 18 heavy (non-hydrogen) atoms. The number of likely N-dealkylation sites (tertiary alicyclic amines) is 1. The van der Waals surface area contributed by atoms with E-state index in [1.165, 1.54) is 19.3 Å². The third kappa shape index (κ3) is 2.31. The van der Waals surface area contributed by atoms with Crippen LogP contribution in [-0.4, -0.2) is 23.4 Å². The molecule has 0 spiro atoms. The Labute approximate surface area is 112 Å². The predicted molar refractivity (Wildman–Crippen MR) is 75.2 cm³/mol. The van der Waals surface area contributed by atoms with Gasteiger partial charge in [-0.05, 0) is 43.4 Å². The SMILES string of the molecule is CCC(C(=O)N1CC2CCCC2C1C)C(C)(C)C. The van der Waals surface area contributed by atoms with E-state index in [0.29, 0.717) is 11.9 Å². The predicted octanol–water partition coefficient (Wildman–Crippen LogP) is 3.71. The number of carbonyl (C=O) groups is 1. The van der Waals surface area contributed by atoms with Crippen LogP contribution >= 0.6 is 0 Å². The molecular weight excluding hydrogens is 222 g/mol. The van der Waals surface area contributed by atoms with Crippen LogP contribution in [0.5, 0.6) is 0 Å². The van der Waals surface area contributed by atoms with Gasteiger partial charge in [-0.15, -0.1) is 0 Å². The number of fused-ring (bicyclic) bond motifs is 1. The Morgan fingerprint density at radius 3 is 2.50 bits per heavy atom. The van der Waals surface area contributed by atoms with E-state index in [9.17, 15) is 4.79 Å². The van der Waals surface area contributed by atoms with Crippen LogP contribution in [0.25, 0.3) is 0 Å². The van der Waals surface area contributed by atoms with Crippen LogP contribution in [0.15, 0.2) is 0 Å². The van der Waals surface area contributed by atoms with Crippen LogP contribution in [0.1, 0.15) is 60.3 Å². The van der Waals surface area contributed by atoms with Gasteiger partial charge in [0.25, 0.3) is 0 Å².